The Morgan fingerprint density at radius 3 is 2.17 bits per heavy atom. The van der Waals surface area contributed by atoms with Crippen molar-refractivity contribution in [3.05, 3.63) is 107 Å². The van der Waals surface area contributed by atoms with Crippen molar-refractivity contribution in [1.82, 2.24) is 0 Å². The van der Waals surface area contributed by atoms with Crippen LogP contribution in [0.5, 0.6) is 0 Å². The summed E-state index contributed by atoms with van der Waals surface area (Å²) in [4.78, 5) is 27.0. The number of rotatable bonds is 8. The minimum absolute atomic E-state index is 0.0299. The van der Waals surface area contributed by atoms with Gasteiger partial charge in [-0.15, -0.1) is 0 Å². The largest absolute Gasteiger partial charge is 0.466 e. The number of hydrogen-bond donors (Lipinski definition) is 0. The monoisotopic (exact) mass is 547 g/mol. The molecule has 0 saturated heterocycles. The number of amides is 1. The third-order valence-corrected chi connectivity index (χ3v) is 7.02. The van der Waals surface area contributed by atoms with E-state index in [9.17, 15) is 22.8 Å². The van der Waals surface area contributed by atoms with Crippen LogP contribution < -0.4 is 4.90 Å². The van der Waals surface area contributed by atoms with Crippen molar-refractivity contribution in [2.24, 2.45) is 5.92 Å². The smallest absolute Gasteiger partial charge is 0.416 e. The van der Waals surface area contributed by atoms with E-state index in [1.165, 1.54) is 19.3 Å². The van der Waals surface area contributed by atoms with Gasteiger partial charge < -0.3 is 9.64 Å². The number of alkyl halides is 3. The predicted molar refractivity (Wildman–Crippen MR) is 152 cm³/mol. The van der Waals surface area contributed by atoms with Crippen LogP contribution in [0.2, 0.25) is 0 Å². The molecule has 0 bridgehead atoms. The molecule has 1 saturated carbocycles. The second kappa shape index (κ2) is 13.3. The number of hydrogen-bond acceptors (Lipinski definition) is 3. The van der Waals surface area contributed by atoms with Gasteiger partial charge in [0.1, 0.15) is 0 Å². The quantitative estimate of drug-likeness (QED) is 0.162. The standard InChI is InChI=1S/C33H32F3NO3/c1-40-31(38)20-19-26-8-6-12-30(22-26)37(32(39)28-9-3-2-4-10-28)23-27-17-14-24(15-18-27)13-16-25-7-5-11-29(21-25)33(34,35)36/h5-8,11-22,28H,2-4,9-10,23H2,1H3/b16-13+,20-19+. The molecule has 208 valence electrons. The molecule has 1 aliphatic rings. The molecule has 0 unspecified atom stereocenters. The molecule has 0 N–H and O–H groups in total. The van der Waals surface area contributed by atoms with Crippen LogP contribution in [-0.2, 0) is 27.0 Å². The van der Waals surface area contributed by atoms with Gasteiger partial charge in [-0.25, -0.2) is 4.79 Å². The number of anilines is 1. The molecule has 4 nitrogen and oxygen atoms in total. The fraction of sp³-hybridized carbons (Fsp3) is 0.273. The lowest BCUT2D eigenvalue weighted by molar-refractivity contribution is -0.137. The summed E-state index contributed by atoms with van der Waals surface area (Å²) in [6.45, 7) is 0.372. The van der Waals surface area contributed by atoms with Crippen molar-refractivity contribution < 1.29 is 27.5 Å². The Balaban J connectivity index is 1.54. The fourth-order valence-electron chi connectivity index (χ4n) is 4.82. The molecule has 40 heavy (non-hydrogen) atoms. The lowest BCUT2D eigenvalue weighted by Gasteiger charge is -2.30. The summed E-state index contributed by atoms with van der Waals surface area (Å²) in [5.41, 5.74) is 3.06. The number of carbonyl (C=O) groups excluding carboxylic acids is 2. The van der Waals surface area contributed by atoms with E-state index in [0.29, 0.717) is 12.1 Å². The molecule has 0 heterocycles. The van der Waals surface area contributed by atoms with Crippen LogP contribution in [0.15, 0.2) is 78.9 Å². The molecule has 0 spiro atoms. The third-order valence-electron chi connectivity index (χ3n) is 7.02. The molecule has 7 heteroatoms. The van der Waals surface area contributed by atoms with Gasteiger partial charge >= 0.3 is 12.1 Å². The van der Waals surface area contributed by atoms with Crippen molar-refractivity contribution in [3.63, 3.8) is 0 Å². The molecule has 0 atom stereocenters. The zero-order valence-electron chi connectivity index (χ0n) is 22.4. The molecule has 0 aliphatic heterocycles. The summed E-state index contributed by atoms with van der Waals surface area (Å²) in [6, 6.07) is 20.3. The van der Waals surface area contributed by atoms with E-state index < -0.39 is 17.7 Å². The highest BCUT2D eigenvalue weighted by atomic mass is 19.4. The minimum Gasteiger partial charge on any atom is -0.466 e. The molecule has 3 aromatic carbocycles. The third kappa shape index (κ3) is 7.94. The van der Waals surface area contributed by atoms with Gasteiger partial charge in [-0.2, -0.15) is 13.2 Å². The van der Waals surface area contributed by atoms with Crippen molar-refractivity contribution in [2.45, 2.75) is 44.8 Å². The van der Waals surface area contributed by atoms with Gasteiger partial charge in [0.25, 0.3) is 0 Å². The number of methoxy groups -OCH3 is 1. The van der Waals surface area contributed by atoms with Crippen LogP contribution in [0, 0.1) is 5.92 Å². The van der Waals surface area contributed by atoms with Crippen LogP contribution in [-0.4, -0.2) is 19.0 Å². The fourth-order valence-corrected chi connectivity index (χ4v) is 4.82. The Hall–Kier alpha value is -4.13. The second-order valence-electron chi connectivity index (χ2n) is 9.91. The van der Waals surface area contributed by atoms with E-state index in [2.05, 4.69) is 4.74 Å². The maximum absolute atomic E-state index is 13.7. The van der Waals surface area contributed by atoms with Gasteiger partial charge in [0.15, 0.2) is 0 Å². The molecular weight excluding hydrogens is 515 g/mol. The first-order valence-electron chi connectivity index (χ1n) is 13.3. The maximum Gasteiger partial charge on any atom is 0.416 e. The van der Waals surface area contributed by atoms with Crippen LogP contribution in [0.3, 0.4) is 0 Å². The van der Waals surface area contributed by atoms with Crippen LogP contribution in [0.1, 0.15) is 59.9 Å². The maximum atomic E-state index is 13.7. The van der Waals surface area contributed by atoms with Crippen molar-refractivity contribution >= 4 is 35.8 Å². The molecule has 0 radical (unpaired) electrons. The predicted octanol–water partition coefficient (Wildman–Crippen LogP) is 8.18. The SMILES string of the molecule is COC(=O)/C=C/c1cccc(N(Cc2ccc(/C=C/c3cccc(C(F)(F)F)c3)cc2)C(=O)C2CCCCC2)c1. The molecular formula is C33H32F3NO3. The summed E-state index contributed by atoms with van der Waals surface area (Å²) < 4.78 is 43.7. The Bertz CT molecular complexity index is 1370. The number of halogens is 3. The summed E-state index contributed by atoms with van der Waals surface area (Å²) in [5, 5.41) is 0. The topological polar surface area (TPSA) is 46.6 Å². The Morgan fingerprint density at radius 2 is 1.50 bits per heavy atom. The van der Waals surface area contributed by atoms with Gasteiger partial charge in [-0.05, 0) is 65.4 Å². The first kappa shape index (κ1) is 28.9. The Morgan fingerprint density at radius 1 is 0.850 bits per heavy atom. The van der Waals surface area contributed by atoms with Crippen LogP contribution >= 0.6 is 0 Å². The van der Waals surface area contributed by atoms with E-state index in [0.717, 1.165) is 66.6 Å². The molecule has 0 aromatic heterocycles. The molecule has 1 aliphatic carbocycles. The molecule has 4 rings (SSSR count). The lowest BCUT2D eigenvalue weighted by Crippen LogP contribution is -2.36. The van der Waals surface area contributed by atoms with Crippen molar-refractivity contribution in [3.8, 4) is 0 Å². The van der Waals surface area contributed by atoms with E-state index >= 15 is 0 Å². The van der Waals surface area contributed by atoms with Gasteiger partial charge in [-0.1, -0.05) is 79.9 Å². The first-order valence-corrected chi connectivity index (χ1v) is 13.3. The highest BCUT2D eigenvalue weighted by molar-refractivity contribution is 5.95. The van der Waals surface area contributed by atoms with Crippen molar-refractivity contribution in [1.29, 1.82) is 0 Å². The molecule has 1 fully saturated rings. The Kier molecular flexibility index (Phi) is 9.59. The first-order chi connectivity index (χ1) is 19.2. The number of benzene rings is 3. The Labute approximate surface area is 232 Å². The number of carbonyl (C=O) groups is 2. The van der Waals surface area contributed by atoms with Gasteiger partial charge in [-0.3, -0.25) is 4.79 Å². The highest BCUT2D eigenvalue weighted by Gasteiger charge is 2.30. The normalized spacial score (nSPS) is 14.5. The summed E-state index contributed by atoms with van der Waals surface area (Å²) in [6.07, 6.45) is 7.00. The molecule has 3 aromatic rings. The van der Waals surface area contributed by atoms with Crippen LogP contribution in [0.4, 0.5) is 18.9 Å². The highest BCUT2D eigenvalue weighted by Crippen LogP contribution is 2.31. The van der Waals surface area contributed by atoms with Crippen LogP contribution in [0.25, 0.3) is 18.2 Å². The minimum atomic E-state index is -4.39. The zero-order valence-corrected chi connectivity index (χ0v) is 22.4. The lowest BCUT2D eigenvalue weighted by atomic mass is 9.88. The van der Waals surface area contributed by atoms with Gasteiger partial charge in [0, 0.05) is 17.7 Å². The van der Waals surface area contributed by atoms with E-state index in [-0.39, 0.29) is 11.8 Å². The zero-order chi connectivity index (χ0) is 28.5. The van der Waals surface area contributed by atoms with E-state index in [1.807, 2.05) is 48.5 Å². The molecule has 1 amide bonds. The van der Waals surface area contributed by atoms with Crippen molar-refractivity contribution in [2.75, 3.05) is 12.0 Å². The number of nitrogens with zero attached hydrogens (tertiary/aromatic N) is 1. The number of ether oxygens (including phenoxy) is 1. The van der Waals surface area contributed by atoms with E-state index in [1.54, 1.807) is 29.2 Å². The number of esters is 1. The van der Waals surface area contributed by atoms with Gasteiger partial charge in [0.05, 0.1) is 19.2 Å². The summed E-state index contributed by atoms with van der Waals surface area (Å²) in [5.74, 6) is -0.400. The van der Waals surface area contributed by atoms with E-state index in [4.69, 9.17) is 0 Å². The average molecular weight is 548 g/mol. The van der Waals surface area contributed by atoms with Gasteiger partial charge in [0.2, 0.25) is 5.91 Å². The summed E-state index contributed by atoms with van der Waals surface area (Å²) >= 11 is 0. The average Bonchev–Trinajstić information content (AvgIpc) is 2.98. The second-order valence-corrected chi connectivity index (χ2v) is 9.91. The summed E-state index contributed by atoms with van der Waals surface area (Å²) in [7, 11) is 1.32.